The first-order valence-electron chi connectivity index (χ1n) is 11.0. The number of aryl methyl sites for hydroxylation is 2. The number of hydrogen-bond donors (Lipinski definition) is 0. The fourth-order valence-electron chi connectivity index (χ4n) is 4.18. The Morgan fingerprint density at radius 3 is 2.39 bits per heavy atom. The highest BCUT2D eigenvalue weighted by atomic mass is 16.1. The van der Waals surface area contributed by atoms with Gasteiger partial charge in [-0.05, 0) is 50.6 Å². The second-order valence-corrected chi connectivity index (χ2v) is 8.87. The number of fused-ring (bicyclic) bond motifs is 3. The first kappa shape index (κ1) is 20.9. The summed E-state index contributed by atoms with van der Waals surface area (Å²) in [6.45, 7) is 6.08. The molecule has 0 aliphatic rings. The van der Waals surface area contributed by atoms with Crippen molar-refractivity contribution in [2.45, 2.75) is 26.8 Å². The number of imidazole rings is 1. The summed E-state index contributed by atoms with van der Waals surface area (Å²) in [5, 5.41) is 5.54. The first-order valence-corrected chi connectivity index (χ1v) is 11.0. The lowest BCUT2D eigenvalue weighted by Gasteiger charge is -2.12. The van der Waals surface area contributed by atoms with E-state index in [4.69, 9.17) is 0 Å². The van der Waals surface area contributed by atoms with Crippen molar-refractivity contribution in [1.29, 1.82) is 0 Å². The minimum absolute atomic E-state index is 0.117. The second-order valence-electron chi connectivity index (χ2n) is 8.87. The van der Waals surface area contributed by atoms with Gasteiger partial charge in [0.25, 0.3) is 0 Å². The Labute approximate surface area is 191 Å². The van der Waals surface area contributed by atoms with E-state index < -0.39 is 0 Å². The van der Waals surface area contributed by atoms with Crippen molar-refractivity contribution >= 4 is 27.8 Å². The molecule has 5 aromatic rings. The molecule has 168 valence electrons. The summed E-state index contributed by atoms with van der Waals surface area (Å²) < 4.78 is 5.30. The third-order valence-electron chi connectivity index (χ3n) is 6.08. The second kappa shape index (κ2) is 7.58. The molecule has 33 heavy (non-hydrogen) atoms. The van der Waals surface area contributed by atoms with Crippen LogP contribution in [0.15, 0.2) is 53.7 Å². The van der Waals surface area contributed by atoms with E-state index in [1.165, 1.54) is 0 Å². The van der Waals surface area contributed by atoms with E-state index in [1.54, 1.807) is 22.4 Å². The Kier molecular flexibility index (Phi) is 4.81. The monoisotopic (exact) mass is 441 g/mol. The van der Waals surface area contributed by atoms with Gasteiger partial charge in [-0.25, -0.2) is 9.78 Å². The average Bonchev–Trinajstić information content (AvgIpc) is 3.31. The Bertz CT molecular complexity index is 1550. The largest absolute Gasteiger partial charge is 0.363 e. The summed E-state index contributed by atoms with van der Waals surface area (Å²) in [6, 6.07) is 10.4. The van der Waals surface area contributed by atoms with Crippen molar-refractivity contribution in [2.75, 3.05) is 19.0 Å². The molecule has 0 atom stereocenters. The average molecular weight is 442 g/mol. The van der Waals surface area contributed by atoms with Crippen LogP contribution in [0.25, 0.3) is 38.8 Å². The molecule has 0 radical (unpaired) electrons. The van der Waals surface area contributed by atoms with Crippen LogP contribution in [0.5, 0.6) is 0 Å². The van der Waals surface area contributed by atoms with Gasteiger partial charge in [0.2, 0.25) is 0 Å². The summed E-state index contributed by atoms with van der Waals surface area (Å²) in [5.74, 6) is 0.901. The maximum atomic E-state index is 13.4. The number of benzene rings is 1. The van der Waals surface area contributed by atoms with Crippen LogP contribution in [-0.2, 0) is 7.05 Å². The van der Waals surface area contributed by atoms with E-state index in [0.717, 1.165) is 50.3 Å². The van der Waals surface area contributed by atoms with Crippen LogP contribution in [0.2, 0.25) is 0 Å². The zero-order valence-electron chi connectivity index (χ0n) is 19.7. The molecule has 8 nitrogen and oxygen atoms in total. The highest BCUT2D eigenvalue weighted by Gasteiger charge is 2.20. The van der Waals surface area contributed by atoms with Gasteiger partial charge in [-0.1, -0.05) is 6.07 Å². The maximum absolute atomic E-state index is 13.4. The lowest BCUT2D eigenvalue weighted by molar-refractivity contribution is 0.529. The molecule has 0 aliphatic carbocycles. The molecule has 8 heteroatoms. The number of hydrogen-bond acceptors (Lipinski definition) is 5. The summed E-state index contributed by atoms with van der Waals surface area (Å²) >= 11 is 0. The summed E-state index contributed by atoms with van der Waals surface area (Å²) in [4.78, 5) is 24.5. The predicted octanol–water partition coefficient (Wildman–Crippen LogP) is 4.09. The zero-order valence-corrected chi connectivity index (χ0v) is 19.7. The Morgan fingerprint density at radius 1 is 1.00 bits per heavy atom. The van der Waals surface area contributed by atoms with E-state index in [-0.39, 0.29) is 11.7 Å². The van der Waals surface area contributed by atoms with E-state index in [2.05, 4.69) is 41.0 Å². The first-order chi connectivity index (χ1) is 15.8. The highest BCUT2D eigenvalue weighted by Crippen LogP contribution is 2.30. The zero-order chi connectivity index (χ0) is 23.4. The molecule has 0 spiro atoms. The molecule has 0 N–H and O–H groups in total. The van der Waals surface area contributed by atoms with Gasteiger partial charge < -0.3 is 4.90 Å². The molecule has 0 amide bonds. The summed E-state index contributed by atoms with van der Waals surface area (Å²) in [5.41, 5.74) is 5.95. The van der Waals surface area contributed by atoms with Crippen molar-refractivity contribution < 1.29 is 0 Å². The van der Waals surface area contributed by atoms with Gasteiger partial charge >= 0.3 is 5.69 Å². The van der Waals surface area contributed by atoms with Crippen LogP contribution in [0, 0.1) is 6.92 Å². The van der Waals surface area contributed by atoms with E-state index in [1.807, 2.05) is 61.2 Å². The third kappa shape index (κ3) is 3.29. The standard InChI is InChI=1S/C25H27N7O/c1-15(2)31-14-22(16(3)28-31)32-24-19-11-17(18-8-10-23(27-12-18)29(4)5)7-9-20(19)26-13-21(24)30(6)25(32)33/h7-15H,1-6H3. The molecule has 0 saturated heterocycles. The van der Waals surface area contributed by atoms with Crippen molar-refractivity contribution in [3.63, 3.8) is 0 Å². The quantitative estimate of drug-likeness (QED) is 0.420. The van der Waals surface area contributed by atoms with Gasteiger partial charge in [0, 0.05) is 50.5 Å². The van der Waals surface area contributed by atoms with Crippen molar-refractivity contribution in [3.8, 4) is 16.8 Å². The van der Waals surface area contributed by atoms with Crippen LogP contribution >= 0.6 is 0 Å². The number of pyridine rings is 2. The van der Waals surface area contributed by atoms with Crippen molar-refractivity contribution in [2.24, 2.45) is 7.05 Å². The molecular formula is C25H27N7O. The maximum Gasteiger partial charge on any atom is 0.333 e. The molecule has 0 bridgehead atoms. The molecule has 1 aromatic carbocycles. The highest BCUT2D eigenvalue weighted by molar-refractivity contribution is 6.04. The Hall–Kier alpha value is -3.94. The Morgan fingerprint density at radius 2 is 1.76 bits per heavy atom. The van der Waals surface area contributed by atoms with E-state index in [0.29, 0.717) is 0 Å². The molecule has 5 rings (SSSR count). The van der Waals surface area contributed by atoms with Gasteiger partial charge in [-0.15, -0.1) is 0 Å². The summed E-state index contributed by atoms with van der Waals surface area (Å²) in [7, 11) is 5.72. The predicted molar refractivity (Wildman–Crippen MR) is 132 cm³/mol. The lowest BCUT2D eigenvalue weighted by Crippen LogP contribution is -2.21. The number of aromatic nitrogens is 6. The molecule has 0 unspecified atom stereocenters. The van der Waals surface area contributed by atoms with Crippen LogP contribution in [-0.4, -0.2) is 43.0 Å². The lowest BCUT2D eigenvalue weighted by atomic mass is 10.0. The molecule has 4 heterocycles. The molecular weight excluding hydrogens is 414 g/mol. The van der Waals surface area contributed by atoms with Crippen molar-refractivity contribution in [1.82, 2.24) is 28.9 Å². The van der Waals surface area contributed by atoms with Crippen LogP contribution in [0.1, 0.15) is 25.6 Å². The SMILES string of the molecule is Cc1nn(C(C)C)cc1-n1c(=O)n(C)c2cnc3ccc(-c4ccc(N(C)C)nc4)cc3c21. The molecule has 0 saturated carbocycles. The smallest absolute Gasteiger partial charge is 0.333 e. The number of nitrogens with zero attached hydrogens (tertiary/aromatic N) is 7. The van der Waals surface area contributed by atoms with E-state index in [9.17, 15) is 4.79 Å². The summed E-state index contributed by atoms with van der Waals surface area (Å²) in [6.07, 6.45) is 5.59. The third-order valence-corrected chi connectivity index (χ3v) is 6.08. The topological polar surface area (TPSA) is 73.8 Å². The van der Waals surface area contributed by atoms with Gasteiger partial charge in [0.15, 0.2) is 0 Å². The van der Waals surface area contributed by atoms with Gasteiger partial charge in [0.1, 0.15) is 5.82 Å². The van der Waals surface area contributed by atoms with E-state index >= 15 is 0 Å². The number of anilines is 1. The van der Waals surface area contributed by atoms with Gasteiger partial charge in [-0.3, -0.25) is 18.8 Å². The minimum atomic E-state index is -0.117. The minimum Gasteiger partial charge on any atom is -0.363 e. The fraction of sp³-hybridized carbons (Fsp3) is 0.280. The molecule has 0 aliphatic heterocycles. The van der Waals surface area contributed by atoms with Crippen LogP contribution in [0.4, 0.5) is 5.82 Å². The van der Waals surface area contributed by atoms with Crippen molar-refractivity contribution in [3.05, 3.63) is 65.1 Å². The molecule has 0 fully saturated rings. The van der Waals surface area contributed by atoms with Crippen LogP contribution < -0.4 is 10.6 Å². The van der Waals surface area contributed by atoms with Gasteiger partial charge in [-0.2, -0.15) is 5.10 Å². The Balaban J connectivity index is 1.79. The molecule has 4 aromatic heterocycles. The van der Waals surface area contributed by atoms with Crippen LogP contribution in [0.3, 0.4) is 0 Å². The fourth-order valence-corrected chi connectivity index (χ4v) is 4.18. The number of rotatable bonds is 4. The normalized spacial score (nSPS) is 11.7. The van der Waals surface area contributed by atoms with Gasteiger partial charge in [0.05, 0.1) is 34.1 Å².